The summed E-state index contributed by atoms with van der Waals surface area (Å²) >= 11 is 1.27. The first-order valence-electron chi connectivity index (χ1n) is 12.9. The van der Waals surface area contributed by atoms with Gasteiger partial charge in [0, 0.05) is 11.9 Å². The monoisotopic (exact) mass is 623 g/mol. The van der Waals surface area contributed by atoms with Crippen LogP contribution in [-0.2, 0) is 29.2 Å². The molecule has 0 aliphatic carbocycles. The Morgan fingerprint density at radius 2 is 1.60 bits per heavy atom. The number of alkyl halides is 3. The number of carbonyl (C=O) groups is 1. The van der Waals surface area contributed by atoms with E-state index in [1.165, 1.54) is 35.6 Å². The normalized spacial score (nSPS) is 12.3. The topological polar surface area (TPSA) is 104 Å². The Bertz CT molecular complexity index is 1920. The van der Waals surface area contributed by atoms with Crippen LogP contribution in [-0.4, -0.2) is 19.0 Å². The summed E-state index contributed by atoms with van der Waals surface area (Å²) in [5.74, 6) is -0.141. The number of esters is 1. The van der Waals surface area contributed by atoms with Gasteiger partial charge in [-0.1, -0.05) is 36.4 Å². The molecule has 4 aromatic carbocycles. The highest BCUT2D eigenvalue weighted by atomic mass is 32.2. The van der Waals surface area contributed by atoms with Crippen molar-refractivity contribution in [2.24, 2.45) is 10.1 Å². The number of thiazole rings is 1. The highest BCUT2D eigenvalue weighted by Gasteiger charge is 2.30. The van der Waals surface area contributed by atoms with E-state index >= 15 is 0 Å². The number of nitrogens with zero attached hydrogens (tertiary/aromatic N) is 2. The zero-order chi connectivity index (χ0) is 30.6. The number of hydrogen-bond acceptors (Lipinski definition) is 6. The van der Waals surface area contributed by atoms with E-state index in [9.17, 15) is 26.4 Å². The van der Waals surface area contributed by atoms with Crippen molar-refractivity contribution in [3.05, 3.63) is 130 Å². The van der Waals surface area contributed by atoms with Crippen molar-refractivity contribution < 1.29 is 31.1 Å². The fraction of sp³-hybridized carbons (Fsp3) is 0.0968. The van der Waals surface area contributed by atoms with Crippen LogP contribution in [0.25, 0.3) is 11.3 Å². The number of ether oxygens (including phenoxy) is 1. The van der Waals surface area contributed by atoms with Crippen LogP contribution in [0, 0.1) is 0 Å². The van der Waals surface area contributed by atoms with Crippen LogP contribution in [0.15, 0.2) is 118 Å². The molecule has 0 aliphatic heterocycles. The fourth-order valence-electron chi connectivity index (χ4n) is 4.25. The van der Waals surface area contributed by atoms with E-state index in [-0.39, 0.29) is 10.6 Å². The van der Waals surface area contributed by atoms with E-state index < -0.39 is 27.7 Å². The molecule has 0 aliphatic rings. The Morgan fingerprint density at radius 3 is 2.26 bits per heavy atom. The van der Waals surface area contributed by atoms with Gasteiger partial charge < -0.3 is 9.30 Å². The molecule has 2 N–H and O–H groups in total. The van der Waals surface area contributed by atoms with Gasteiger partial charge in [0.15, 0.2) is 4.80 Å². The van der Waals surface area contributed by atoms with Gasteiger partial charge in [-0.25, -0.2) is 23.3 Å². The minimum absolute atomic E-state index is 0.00610. The smallest absolute Gasteiger partial charge is 0.416 e. The molecule has 5 aromatic rings. The first-order valence-corrected chi connectivity index (χ1v) is 15.3. The lowest BCUT2D eigenvalue weighted by Crippen LogP contribution is -2.17. The van der Waals surface area contributed by atoms with Gasteiger partial charge in [0.1, 0.15) is 5.75 Å². The molecule has 0 fully saturated rings. The maximum absolute atomic E-state index is 13.3. The van der Waals surface area contributed by atoms with E-state index in [1.54, 1.807) is 66.7 Å². The molecular formula is C31H24F3N3O4S2. The van der Waals surface area contributed by atoms with Crippen LogP contribution in [0.2, 0.25) is 0 Å². The number of hydrogen-bond donors (Lipinski definition) is 1. The Balaban J connectivity index is 1.47. The number of aryl methyl sites for hydroxylation is 1. The second-order valence-corrected chi connectivity index (χ2v) is 11.8. The number of benzene rings is 4. The van der Waals surface area contributed by atoms with Crippen LogP contribution >= 0.6 is 11.3 Å². The molecule has 220 valence electrons. The van der Waals surface area contributed by atoms with Crippen molar-refractivity contribution in [1.29, 1.82) is 0 Å². The standard InChI is InChI=1S/C31H24F3N3O4S2/c32-31(33,34)24-7-4-8-25(19-24)36-30-37(18-17-21-9-15-27(16-10-21)43(35,39)40)28(20-42-30)22-11-13-26(14-12-22)41-29(38)23-5-2-1-3-6-23/h1-16,19-20H,17-18H2,(H2,35,39,40). The Morgan fingerprint density at radius 1 is 0.907 bits per heavy atom. The third-order valence-electron chi connectivity index (χ3n) is 6.44. The molecule has 43 heavy (non-hydrogen) atoms. The maximum atomic E-state index is 13.3. The first kappa shape index (κ1) is 30.0. The van der Waals surface area contributed by atoms with E-state index in [1.807, 2.05) is 9.95 Å². The molecule has 1 aromatic heterocycles. The van der Waals surface area contributed by atoms with Crippen molar-refractivity contribution >= 4 is 33.0 Å². The van der Waals surface area contributed by atoms with Crippen LogP contribution in [0.1, 0.15) is 21.5 Å². The molecule has 0 atom stereocenters. The van der Waals surface area contributed by atoms with Gasteiger partial charge in [-0.15, -0.1) is 11.3 Å². The maximum Gasteiger partial charge on any atom is 0.416 e. The number of rotatable bonds is 8. The molecule has 12 heteroatoms. The van der Waals surface area contributed by atoms with Crippen molar-refractivity contribution in [3.63, 3.8) is 0 Å². The number of halogens is 3. The summed E-state index contributed by atoms with van der Waals surface area (Å²) in [6.45, 7) is 0.385. The minimum atomic E-state index is -4.50. The molecular weight excluding hydrogens is 599 g/mol. The molecule has 0 radical (unpaired) electrons. The predicted molar refractivity (Wildman–Crippen MR) is 157 cm³/mol. The zero-order valence-corrected chi connectivity index (χ0v) is 24.0. The highest BCUT2D eigenvalue weighted by molar-refractivity contribution is 7.89. The third kappa shape index (κ3) is 7.47. The van der Waals surface area contributed by atoms with E-state index in [4.69, 9.17) is 9.88 Å². The van der Waals surface area contributed by atoms with Gasteiger partial charge in [-0.3, -0.25) is 0 Å². The Labute approximate surface area is 249 Å². The second kappa shape index (κ2) is 12.4. The summed E-state index contributed by atoms with van der Waals surface area (Å²) in [7, 11) is -3.83. The van der Waals surface area contributed by atoms with Gasteiger partial charge in [-0.05, 0) is 84.3 Å². The summed E-state index contributed by atoms with van der Waals surface area (Å²) in [5.41, 5.74) is 2.11. The molecule has 7 nitrogen and oxygen atoms in total. The first-order chi connectivity index (χ1) is 20.5. The lowest BCUT2D eigenvalue weighted by molar-refractivity contribution is -0.137. The van der Waals surface area contributed by atoms with Crippen molar-refractivity contribution in [2.45, 2.75) is 24.0 Å². The summed E-state index contributed by atoms with van der Waals surface area (Å²) in [4.78, 5) is 17.4. The van der Waals surface area contributed by atoms with Crippen LogP contribution < -0.4 is 14.7 Å². The molecule has 5 rings (SSSR count). The predicted octanol–water partition coefficient (Wildman–Crippen LogP) is 6.58. The van der Waals surface area contributed by atoms with Gasteiger partial charge in [0.05, 0.1) is 27.4 Å². The molecule has 0 spiro atoms. The van der Waals surface area contributed by atoms with Gasteiger partial charge in [0.2, 0.25) is 10.0 Å². The van der Waals surface area contributed by atoms with Crippen molar-refractivity contribution in [1.82, 2.24) is 4.57 Å². The summed E-state index contributed by atoms with van der Waals surface area (Å²) in [6, 6.07) is 26.4. The third-order valence-corrected chi connectivity index (χ3v) is 8.23. The number of carbonyl (C=O) groups excluding carboxylic acids is 1. The van der Waals surface area contributed by atoms with Crippen LogP contribution in [0.4, 0.5) is 18.9 Å². The Hall–Kier alpha value is -4.52. The SMILES string of the molecule is NS(=O)(=O)c1ccc(CCn2c(-c3ccc(OC(=O)c4ccccc4)cc3)csc2=Nc2cccc(C(F)(F)F)c2)cc1. The molecule has 0 saturated heterocycles. The van der Waals surface area contributed by atoms with E-state index in [0.717, 1.165) is 29.0 Å². The van der Waals surface area contributed by atoms with E-state index in [2.05, 4.69) is 4.99 Å². The average molecular weight is 624 g/mol. The van der Waals surface area contributed by atoms with Crippen molar-refractivity contribution in [3.8, 4) is 17.0 Å². The van der Waals surface area contributed by atoms with Crippen LogP contribution in [0.3, 0.4) is 0 Å². The van der Waals surface area contributed by atoms with Gasteiger partial charge >= 0.3 is 12.1 Å². The average Bonchev–Trinajstić information content (AvgIpc) is 3.38. The molecule has 1 heterocycles. The van der Waals surface area contributed by atoms with Crippen LogP contribution in [0.5, 0.6) is 5.75 Å². The van der Waals surface area contributed by atoms with Crippen molar-refractivity contribution in [2.75, 3.05) is 0 Å². The number of nitrogens with two attached hydrogens (primary N) is 1. The summed E-state index contributed by atoms with van der Waals surface area (Å²) in [5, 5.41) is 7.05. The molecule has 0 saturated carbocycles. The fourth-order valence-corrected chi connectivity index (χ4v) is 5.72. The Kier molecular flexibility index (Phi) is 8.62. The van der Waals surface area contributed by atoms with Gasteiger partial charge in [0.25, 0.3) is 0 Å². The zero-order valence-electron chi connectivity index (χ0n) is 22.4. The van der Waals surface area contributed by atoms with Gasteiger partial charge in [-0.2, -0.15) is 13.2 Å². The molecule has 0 bridgehead atoms. The van der Waals surface area contributed by atoms with E-state index in [0.29, 0.717) is 29.1 Å². The quantitative estimate of drug-likeness (QED) is 0.156. The number of primary sulfonamides is 1. The largest absolute Gasteiger partial charge is 0.423 e. The number of sulfonamides is 1. The lowest BCUT2D eigenvalue weighted by Gasteiger charge is -2.11. The lowest BCUT2D eigenvalue weighted by atomic mass is 10.1. The molecule has 0 amide bonds. The molecule has 0 unspecified atom stereocenters. The highest BCUT2D eigenvalue weighted by Crippen LogP contribution is 2.31. The second-order valence-electron chi connectivity index (χ2n) is 9.43. The number of aromatic nitrogens is 1. The minimum Gasteiger partial charge on any atom is -0.423 e. The summed E-state index contributed by atoms with van der Waals surface area (Å²) in [6.07, 6.45) is -4.03. The summed E-state index contributed by atoms with van der Waals surface area (Å²) < 4.78 is 70.5.